The normalized spacial score (nSPS) is 11.8. The Labute approximate surface area is 121 Å². The first-order chi connectivity index (χ1) is 9.35. The third-order valence-corrected chi connectivity index (χ3v) is 3.46. The minimum Gasteiger partial charge on any atom is -0.342 e. The largest absolute Gasteiger partial charge is 0.342 e. The number of hydrogen-bond acceptors (Lipinski definition) is 2. The van der Waals surface area contributed by atoms with Crippen LogP contribution in [0.1, 0.15) is 37.7 Å². The number of nitrogens with zero attached hydrogens (tertiary/aromatic N) is 1. The van der Waals surface area contributed by atoms with Gasteiger partial charge in [0.25, 0.3) is 0 Å². The van der Waals surface area contributed by atoms with Gasteiger partial charge in [0.15, 0.2) is 0 Å². The second kappa shape index (κ2) is 5.80. The molecule has 0 aliphatic rings. The average molecular weight is 271 g/mol. The Morgan fingerprint density at radius 2 is 1.90 bits per heavy atom. The molecule has 0 aliphatic heterocycles. The van der Waals surface area contributed by atoms with E-state index < -0.39 is 0 Å². The van der Waals surface area contributed by atoms with Crippen LogP contribution < -0.4 is 5.32 Å². The molecule has 2 N–H and O–H groups in total. The van der Waals surface area contributed by atoms with Crippen LogP contribution in [-0.2, 0) is 6.42 Å². The average Bonchev–Trinajstić information content (AvgIpc) is 2.80. The van der Waals surface area contributed by atoms with Crippen LogP contribution in [0, 0.1) is 13.8 Å². The molecule has 3 nitrogen and oxygen atoms in total. The number of H-pyrrole nitrogens is 1. The van der Waals surface area contributed by atoms with Gasteiger partial charge in [0.2, 0.25) is 0 Å². The zero-order valence-electron chi connectivity index (χ0n) is 13.2. The number of hydrogen-bond donors (Lipinski definition) is 2. The van der Waals surface area contributed by atoms with Crippen LogP contribution in [-0.4, -0.2) is 22.1 Å². The molecule has 0 saturated heterocycles. The third-order valence-electron chi connectivity index (χ3n) is 3.46. The number of imidazole rings is 1. The highest BCUT2D eigenvalue weighted by Crippen LogP contribution is 2.20. The van der Waals surface area contributed by atoms with Gasteiger partial charge in [-0.25, -0.2) is 4.98 Å². The van der Waals surface area contributed by atoms with Crippen LogP contribution in [0.2, 0.25) is 0 Å². The molecule has 1 aromatic carbocycles. The van der Waals surface area contributed by atoms with Crippen molar-refractivity contribution in [2.24, 2.45) is 0 Å². The van der Waals surface area contributed by atoms with Gasteiger partial charge in [0.05, 0.1) is 11.9 Å². The lowest BCUT2D eigenvalue weighted by atomic mass is 10.1. The van der Waals surface area contributed by atoms with E-state index in [1.807, 2.05) is 6.20 Å². The number of rotatable bonds is 4. The van der Waals surface area contributed by atoms with E-state index in [1.54, 1.807) is 0 Å². The summed E-state index contributed by atoms with van der Waals surface area (Å²) in [7, 11) is 0. The summed E-state index contributed by atoms with van der Waals surface area (Å²) in [4.78, 5) is 7.88. The molecule has 1 heterocycles. The van der Waals surface area contributed by atoms with Gasteiger partial charge in [-0.05, 0) is 57.4 Å². The second-order valence-corrected chi connectivity index (χ2v) is 6.47. The lowest BCUT2D eigenvalue weighted by Gasteiger charge is -2.19. The maximum Gasteiger partial charge on any atom is 0.107 e. The van der Waals surface area contributed by atoms with Crippen LogP contribution in [0.4, 0.5) is 0 Å². The molecule has 0 bridgehead atoms. The number of aryl methyl sites for hydroxylation is 2. The van der Waals surface area contributed by atoms with Gasteiger partial charge < -0.3 is 10.3 Å². The summed E-state index contributed by atoms with van der Waals surface area (Å²) < 4.78 is 0. The fraction of sp³-hybridized carbons (Fsp3) is 0.471. The second-order valence-electron chi connectivity index (χ2n) is 6.47. The lowest BCUT2D eigenvalue weighted by molar-refractivity contribution is 0.427. The van der Waals surface area contributed by atoms with Crippen molar-refractivity contribution in [3.8, 4) is 11.3 Å². The van der Waals surface area contributed by atoms with E-state index in [4.69, 9.17) is 0 Å². The Bertz CT molecular complexity index is 576. The summed E-state index contributed by atoms with van der Waals surface area (Å²) in [5, 5.41) is 3.48. The van der Waals surface area contributed by atoms with Crippen LogP contribution in [0.25, 0.3) is 11.3 Å². The molecule has 2 rings (SSSR count). The topological polar surface area (TPSA) is 40.7 Å². The van der Waals surface area contributed by atoms with Crippen molar-refractivity contribution in [1.29, 1.82) is 0 Å². The maximum absolute atomic E-state index is 4.47. The van der Waals surface area contributed by atoms with Crippen molar-refractivity contribution in [2.45, 2.75) is 46.6 Å². The summed E-state index contributed by atoms with van der Waals surface area (Å²) >= 11 is 0. The Balaban J connectivity index is 2.03. The molecule has 20 heavy (non-hydrogen) atoms. The highest BCUT2D eigenvalue weighted by molar-refractivity contribution is 5.60. The van der Waals surface area contributed by atoms with E-state index >= 15 is 0 Å². The number of nitrogens with one attached hydrogen (secondary N) is 2. The molecule has 108 valence electrons. The zero-order valence-corrected chi connectivity index (χ0v) is 13.2. The highest BCUT2D eigenvalue weighted by Gasteiger charge is 2.09. The maximum atomic E-state index is 4.47. The molecule has 0 saturated carbocycles. The molecule has 0 spiro atoms. The summed E-state index contributed by atoms with van der Waals surface area (Å²) in [6.45, 7) is 11.7. The molecule has 0 aliphatic carbocycles. The van der Waals surface area contributed by atoms with E-state index in [0.29, 0.717) is 0 Å². The molecule has 1 aromatic heterocycles. The third kappa shape index (κ3) is 3.94. The molecule has 0 atom stereocenters. The van der Waals surface area contributed by atoms with E-state index in [2.05, 4.69) is 68.1 Å². The molecule has 0 radical (unpaired) electrons. The molecule has 2 aromatic rings. The predicted molar refractivity (Wildman–Crippen MR) is 85.0 cm³/mol. The minimum atomic E-state index is 0.156. The summed E-state index contributed by atoms with van der Waals surface area (Å²) in [5.74, 6) is 1.04. The minimum absolute atomic E-state index is 0.156. The van der Waals surface area contributed by atoms with Crippen LogP contribution in [0.3, 0.4) is 0 Å². The van der Waals surface area contributed by atoms with Crippen LogP contribution >= 0.6 is 0 Å². The first kappa shape index (κ1) is 14.8. The van der Waals surface area contributed by atoms with E-state index in [0.717, 1.165) is 24.5 Å². The van der Waals surface area contributed by atoms with Gasteiger partial charge in [-0.15, -0.1) is 0 Å². The van der Waals surface area contributed by atoms with E-state index in [-0.39, 0.29) is 5.54 Å². The molecule has 0 amide bonds. The molecular formula is C17H25N3. The van der Waals surface area contributed by atoms with Crippen molar-refractivity contribution < 1.29 is 0 Å². The molecule has 0 fully saturated rings. The van der Waals surface area contributed by atoms with Gasteiger partial charge in [-0.1, -0.05) is 12.1 Å². The molecule has 3 heteroatoms. The SMILES string of the molecule is Cc1ccc(-c2cnc(CCNC(C)(C)C)[nH]2)cc1C. The number of aromatic nitrogens is 2. The Morgan fingerprint density at radius 1 is 1.15 bits per heavy atom. The van der Waals surface area contributed by atoms with Crippen LogP contribution in [0.15, 0.2) is 24.4 Å². The van der Waals surface area contributed by atoms with Gasteiger partial charge in [-0.3, -0.25) is 0 Å². The van der Waals surface area contributed by atoms with Crippen molar-refractivity contribution in [1.82, 2.24) is 15.3 Å². The van der Waals surface area contributed by atoms with Gasteiger partial charge >= 0.3 is 0 Å². The monoisotopic (exact) mass is 271 g/mol. The highest BCUT2D eigenvalue weighted by atomic mass is 15.0. The quantitative estimate of drug-likeness (QED) is 0.891. The van der Waals surface area contributed by atoms with Gasteiger partial charge in [0.1, 0.15) is 5.82 Å². The van der Waals surface area contributed by atoms with Crippen molar-refractivity contribution >= 4 is 0 Å². The number of benzene rings is 1. The van der Waals surface area contributed by atoms with Gasteiger partial charge in [-0.2, -0.15) is 0 Å². The van der Waals surface area contributed by atoms with E-state index in [9.17, 15) is 0 Å². The first-order valence-electron chi connectivity index (χ1n) is 7.22. The fourth-order valence-corrected chi connectivity index (χ4v) is 2.10. The number of aromatic amines is 1. The smallest absolute Gasteiger partial charge is 0.107 e. The Kier molecular flexibility index (Phi) is 4.29. The van der Waals surface area contributed by atoms with E-state index in [1.165, 1.54) is 16.7 Å². The van der Waals surface area contributed by atoms with Crippen LogP contribution in [0.5, 0.6) is 0 Å². The summed E-state index contributed by atoms with van der Waals surface area (Å²) in [5.41, 5.74) is 5.09. The van der Waals surface area contributed by atoms with Crippen molar-refractivity contribution in [2.75, 3.05) is 6.54 Å². The summed E-state index contributed by atoms with van der Waals surface area (Å²) in [6, 6.07) is 6.51. The summed E-state index contributed by atoms with van der Waals surface area (Å²) in [6.07, 6.45) is 2.85. The Hall–Kier alpha value is -1.61. The van der Waals surface area contributed by atoms with Crippen molar-refractivity contribution in [3.05, 3.63) is 41.3 Å². The zero-order chi connectivity index (χ0) is 14.8. The first-order valence-corrected chi connectivity index (χ1v) is 7.22. The standard InChI is InChI=1S/C17H25N3/c1-12-6-7-14(10-13(12)2)15-11-18-16(20-15)8-9-19-17(3,4)5/h6-7,10-11,19H,8-9H2,1-5H3,(H,18,20). The fourth-order valence-electron chi connectivity index (χ4n) is 2.10. The Morgan fingerprint density at radius 3 is 2.55 bits per heavy atom. The lowest BCUT2D eigenvalue weighted by Crippen LogP contribution is -2.37. The van der Waals surface area contributed by atoms with Gasteiger partial charge in [0, 0.05) is 18.5 Å². The predicted octanol–water partition coefficient (Wildman–Crippen LogP) is 3.62. The molecule has 0 unspecified atom stereocenters. The molecular weight excluding hydrogens is 246 g/mol. The van der Waals surface area contributed by atoms with Crippen molar-refractivity contribution in [3.63, 3.8) is 0 Å².